The van der Waals surface area contributed by atoms with Crippen LogP contribution in [0, 0.1) is 6.92 Å². The van der Waals surface area contributed by atoms with E-state index in [1.165, 1.54) is 0 Å². The van der Waals surface area contributed by atoms with Crippen LogP contribution in [0.3, 0.4) is 0 Å². The number of aromatic hydroxyl groups is 1. The van der Waals surface area contributed by atoms with E-state index in [0.717, 1.165) is 30.8 Å². The van der Waals surface area contributed by atoms with Crippen LogP contribution in [0.25, 0.3) is 0 Å². The normalized spacial score (nSPS) is 24.3. The van der Waals surface area contributed by atoms with E-state index in [0.29, 0.717) is 5.75 Å². The van der Waals surface area contributed by atoms with Crippen LogP contribution >= 0.6 is 0 Å². The quantitative estimate of drug-likeness (QED) is 0.891. The molecule has 0 aromatic heterocycles. The molecule has 1 N–H and O–H groups in total. The summed E-state index contributed by atoms with van der Waals surface area (Å²) in [5.74, 6) is 0.336. The molecule has 0 radical (unpaired) electrons. The number of rotatable bonds is 3. The molecule has 0 bridgehead atoms. The topological polar surface area (TPSA) is 41.9 Å². The second-order valence-corrected chi connectivity index (χ2v) is 4.83. The molecule has 1 fully saturated rings. The number of benzene rings is 1. The molecule has 4 nitrogen and oxygen atoms in total. The van der Waals surface area contributed by atoms with Gasteiger partial charge in [-0.3, -0.25) is 0 Å². The largest absolute Gasteiger partial charge is 0.508 e. The van der Waals surface area contributed by atoms with Crippen LogP contribution in [0.2, 0.25) is 0 Å². The van der Waals surface area contributed by atoms with Gasteiger partial charge in [0.2, 0.25) is 0 Å². The van der Waals surface area contributed by atoms with Gasteiger partial charge >= 0.3 is 0 Å². The smallest absolute Gasteiger partial charge is 0.118 e. The lowest BCUT2D eigenvalue weighted by Crippen LogP contribution is -2.47. The maximum Gasteiger partial charge on any atom is 0.118 e. The van der Waals surface area contributed by atoms with Crippen molar-refractivity contribution < 1.29 is 14.6 Å². The van der Waals surface area contributed by atoms with Gasteiger partial charge in [0.15, 0.2) is 0 Å². The number of ether oxygens (including phenoxy) is 2. The number of phenolic OH excluding ortho intramolecular Hbond substituents is 1. The van der Waals surface area contributed by atoms with Crippen molar-refractivity contribution in [3.63, 3.8) is 0 Å². The number of aryl methyl sites for hydroxylation is 1. The van der Waals surface area contributed by atoms with Crippen LogP contribution in [0.1, 0.15) is 12.0 Å². The highest BCUT2D eigenvalue weighted by atomic mass is 16.5. The summed E-state index contributed by atoms with van der Waals surface area (Å²) in [5, 5.41) is 9.57. The number of nitrogens with zero attached hydrogens (tertiary/aromatic N) is 1. The molecule has 1 aliphatic rings. The number of phenols is 1. The van der Waals surface area contributed by atoms with Gasteiger partial charge in [-0.2, -0.15) is 0 Å². The molecule has 1 saturated heterocycles. The van der Waals surface area contributed by atoms with Crippen molar-refractivity contribution in [3.8, 4) is 5.75 Å². The van der Waals surface area contributed by atoms with Gasteiger partial charge in [0.05, 0.1) is 12.2 Å². The molecule has 100 valence electrons. The van der Waals surface area contributed by atoms with Gasteiger partial charge in [-0.1, -0.05) is 0 Å². The van der Waals surface area contributed by atoms with Crippen LogP contribution < -0.4 is 4.90 Å². The van der Waals surface area contributed by atoms with Crippen LogP contribution in [0.15, 0.2) is 18.2 Å². The van der Waals surface area contributed by atoms with Crippen molar-refractivity contribution >= 4 is 5.69 Å². The van der Waals surface area contributed by atoms with Gasteiger partial charge in [0, 0.05) is 39.4 Å². The third-order valence-electron chi connectivity index (χ3n) is 3.59. The fourth-order valence-electron chi connectivity index (χ4n) is 2.40. The number of hydrogen-bond acceptors (Lipinski definition) is 4. The minimum atomic E-state index is 0.192. The molecule has 1 heterocycles. The second kappa shape index (κ2) is 5.59. The molecular weight excluding hydrogens is 230 g/mol. The minimum absolute atomic E-state index is 0.192. The van der Waals surface area contributed by atoms with Gasteiger partial charge in [-0.15, -0.1) is 0 Å². The molecule has 2 unspecified atom stereocenters. The lowest BCUT2D eigenvalue weighted by Gasteiger charge is -2.38. The zero-order valence-corrected chi connectivity index (χ0v) is 11.2. The molecule has 0 aliphatic carbocycles. The highest BCUT2D eigenvalue weighted by Crippen LogP contribution is 2.26. The first-order valence-electron chi connectivity index (χ1n) is 6.24. The molecule has 0 saturated carbocycles. The summed E-state index contributed by atoms with van der Waals surface area (Å²) in [5.41, 5.74) is 2.00. The van der Waals surface area contributed by atoms with Crippen LogP contribution in [0.4, 0.5) is 5.69 Å². The summed E-state index contributed by atoms with van der Waals surface area (Å²) in [6.45, 7) is 3.63. The number of hydrogen-bond donors (Lipinski definition) is 1. The Morgan fingerprint density at radius 2 is 1.78 bits per heavy atom. The van der Waals surface area contributed by atoms with E-state index in [9.17, 15) is 5.11 Å². The summed E-state index contributed by atoms with van der Waals surface area (Å²) < 4.78 is 10.9. The first kappa shape index (κ1) is 13.2. The zero-order valence-electron chi connectivity index (χ0n) is 11.2. The third kappa shape index (κ3) is 2.76. The molecule has 4 heteroatoms. The highest BCUT2D eigenvalue weighted by Gasteiger charge is 2.27. The summed E-state index contributed by atoms with van der Waals surface area (Å²) in [6.07, 6.45) is 1.32. The molecule has 2 rings (SSSR count). The number of methoxy groups -OCH3 is 2. The van der Waals surface area contributed by atoms with Gasteiger partial charge < -0.3 is 19.5 Å². The SMILES string of the molecule is COC1CC(OC)CN(c2ccc(O)c(C)c2)C1. The molecule has 1 aromatic rings. The summed E-state index contributed by atoms with van der Waals surface area (Å²) in [6, 6.07) is 5.68. The summed E-state index contributed by atoms with van der Waals surface area (Å²) in [4.78, 5) is 2.25. The Hall–Kier alpha value is -1.26. The molecule has 0 spiro atoms. The number of piperidine rings is 1. The van der Waals surface area contributed by atoms with Crippen molar-refractivity contribution in [2.24, 2.45) is 0 Å². The molecule has 2 atom stereocenters. The predicted octanol–water partition coefficient (Wildman–Crippen LogP) is 1.94. The van der Waals surface area contributed by atoms with Crippen LogP contribution in [-0.4, -0.2) is 44.6 Å². The molecule has 0 amide bonds. The van der Waals surface area contributed by atoms with Gasteiger partial charge in [-0.05, 0) is 30.7 Å². The second-order valence-electron chi connectivity index (χ2n) is 4.83. The zero-order chi connectivity index (χ0) is 13.1. The Balaban J connectivity index is 2.17. The fourth-order valence-corrected chi connectivity index (χ4v) is 2.40. The maximum absolute atomic E-state index is 9.57. The average Bonchev–Trinajstić information content (AvgIpc) is 2.41. The Bertz CT molecular complexity index is 396. The molecule has 18 heavy (non-hydrogen) atoms. The van der Waals surface area contributed by atoms with Gasteiger partial charge in [0.1, 0.15) is 5.75 Å². The fraction of sp³-hybridized carbons (Fsp3) is 0.571. The summed E-state index contributed by atoms with van der Waals surface area (Å²) >= 11 is 0. The van der Waals surface area contributed by atoms with E-state index in [1.54, 1.807) is 20.3 Å². The predicted molar refractivity (Wildman–Crippen MR) is 71.3 cm³/mol. The Morgan fingerprint density at radius 1 is 1.17 bits per heavy atom. The van der Waals surface area contributed by atoms with E-state index in [2.05, 4.69) is 4.90 Å². The van der Waals surface area contributed by atoms with E-state index < -0.39 is 0 Å². The van der Waals surface area contributed by atoms with Crippen LogP contribution in [-0.2, 0) is 9.47 Å². The first-order valence-corrected chi connectivity index (χ1v) is 6.24. The minimum Gasteiger partial charge on any atom is -0.508 e. The summed E-state index contributed by atoms with van der Waals surface area (Å²) in [7, 11) is 3.48. The van der Waals surface area contributed by atoms with E-state index >= 15 is 0 Å². The Kier molecular flexibility index (Phi) is 4.09. The average molecular weight is 251 g/mol. The van der Waals surface area contributed by atoms with E-state index in [4.69, 9.17) is 9.47 Å². The van der Waals surface area contributed by atoms with Crippen molar-refractivity contribution in [1.29, 1.82) is 0 Å². The monoisotopic (exact) mass is 251 g/mol. The molecule has 1 aromatic carbocycles. The van der Waals surface area contributed by atoms with Crippen molar-refractivity contribution in [2.75, 3.05) is 32.2 Å². The van der Waals surface area contributed by atoms with E-state index in [-0.39, 0.29) is 12.2 Å². The Labute approximate surface area is 108 Å². The Morgan fingerprint density at radius 3 is 2.28 bits per heavy atom. The van der Waals surface area contributed by atoms with Gasteiger partial charge in [-0.25, -0.2) is 0 Å². The maximum atomic E-state index is 9.57. The van der Waals surface area contributed by atoms with Crippen molar-refractivity contribution in [2.45, 2.75) is 25.6 Å². The standard InChI is InChI=1S/C14H21NO3/c1-10-6-11(4-5-14(10)16)15-8-12(17-2)7-13(9-15)18-3/h4-6,12-13,16H,7-9H2,1-3H3. The van der Waals surface area contributed by atoms with E-state index in [1.807, 2.05) is 19.1 Å². The lowest BCUT2D eigenvalue weighted by atomic mass is 10.0. The van der Waals surface area contributed by atoms with Gasteiger partial charge in [0.25, 0.3) is 0 Å². The van der Waals surface area contributed by atoms with Crippen molar-refractivity contribution in [1.82, 2.24) is 0 Å². The van der Waals surface area contributed by atoms with Crippen molar-refractivity contribution in [3.05, 3.63) is 23.8 Å². The third-order valence-corrected chi connectivity index (χ3v) is 3.59. The molecule has 1 aliphatic heterocycles. The highest BCUT2D eigenvalue weighted by molar-refractivity contribution is 5.53. The van der Waals surface area contributed by atoms with Crippen LogP contribution in [0.5, 0.6) is 5.75 Å². The first-order chi connectivity index (χ1) is 8.63. The molecular formula is C14H21NO3. The number of anilines is 1. The lowest BCUT2D eigenvalue weighted by molar-refractivity contribution is 0.0109.